The highest BCUT2D eigenvalue weighted by Gasteiger charge is 2.26. The molecule has 6 nitrogen and oxygen atoms in total. The predicted octanol–water partition coefficient (Wildman–Crippen LogP) is 4.81. The molecule has 4 rings (SSSR count). The predicted molar refractivity (Wildman–Crippen MR) is 123 cm³/mol. The van der Waals surface area contributed by atoms with Crippen LogP contribution in [0.25, 0.3) is 0 Å². The van der Waals surface area contributed by atoms with Crippen molar-refractivity contribution in [1.29, 1.82) is 0 Å². The first-order chi connectivity index (χ1) is 15.0. The Morgan fingerprint density at radius 2 is 1.94 bits per heavy atom. The van der Waals surface area contributed by atoms with Crippen LogP contribution in [0.4, 0.5) is 11.4 Å². The van der Waals surface area contributed by atoms with Crippen molar-refractivity contribution >= 4 is 39.1 Å². The van der Waals surface area contributed by atoms with Crippen LogP contribution in [-0.4, -0.2) is 31.6 Å². The molecule has 0 atom stereocenters. The largest absolute Gasteiger partial charge is 0.492 e. The first kappa shape index (κ1) is 20.9. The van der Waals surface area contributed by atoms with E-state index in [1.54, 1.807) is 35.2 Å². The summed E-state index contributed by atoms with van der Waals surface area (Å²) in [6.07, 6.45) is 0. The van der Waals surface area contributed by atoms with Crippen molar-refractivity contribution in [3.8, 4) is 11.5 Å². The number of nitrogens with zero attached hydrogens (tertiary/aromatic N) is 1. The number of halogens is 1. The third-order valence-electron chi connectivity index (χ3n) is 4.84. The average molecular weight is 481 g/mol. The summed E-state index contributed by atoms with van der Waals surface area (Å²) in [6, 6.07) is 20.1. The molecule has 0 saturated heterocycles. The van der Waals surface area contributed by atoms with Gasteiger partial charge in [0.15, 0.2) is 6.61 Å². The average Bonchev–Trinajstić information content (AvgIpc) is 2.76. The van der Waals surface area contributed by atoms with Gasteiger partial charge in [0.2, 0.25) is 0 Å². The van der Waals surface area contributed by atoms with Crippen molar-refractivity contribution < 1.29 is 19.1 Å². The first-order valence-corrected chi connectivity index (χ1v) is 10.6. The van der Waals surface area contributed by atoms with Crippen LogP contribution in [0.15, 0.2) is 71.2 Å². The van der Waals surface area contributed by atoms with Gasteiger partial charge in [-0.05, 0) is 61.0 Å². The van der Waals surface area contributed by atoms with Crippen LogP contribution in [0.1, 0.15) is 15.9 Å². The summed E-state index contributed by atoms with van der Waals surface area (Å²) < 4.78 is 12.3. The van der Waals surface area contributed by atoms with Gasteiger partial charge in [0, 0.05) is 21.8 Å². The van der Waals surface area contributed by atoms with Crippen molar-refractivity contribution in [3.05, 3.63) is 82.3 Å². The molecule has 0 spiro atoms. The molecule has 0 bridgehead atoms. The molecule has 2 amide bonds. The molecule has 0 aliphatic carbocycles. The maximum atomic E-state index is 12.5. The van der Waals surface area contributed by atoms with Gasteiger partial charge >= 0.3 is 0 Å². The summed E-state index contributed by atoms with van der Waals surface area (Å²) in [5.74, 6) is 0.963. The number of nitrogens with one attached hydrogen (secondary N) is 1. The Balaban J connectivity index is 1.43. The number of carbonyl (C=O) groups excluding carboxylic acids is 2. The number of anilines is 2. The van der Waals surface area contributed by atoms with Gasteiger partial charge in [-0.3, -0.25) is 9.59 Å². The number of carbonyl (C=O) groups is 2. The molecular formula is C24H21BrN2O4. The quantitative estimate of drug-likeness (QED) is 0.549. The Bertz CT molecular complexity index is 1110. The van der Waals surface area contributed by atoms with Crippen LogP contribution in [0.2, 0.25) is 0 Å². The van der Waals surface area contributed by atoms with Gasteiger partial charge in [-0.15, -0.1) is 0 Å². The normalized spacial score (nSPS) is 12.7. The fourth-order valence-corrected chi connectivity index (χ4v) is 3.56. The summed E-state index contributed by atoms with van der Waals surface area (Å²) in [4.78, 5) is 26.5. The minimum Gasteiger partial charge on any atom is -0.492 e. The number of benzene rings is 3. The van der Waals surface area contributed by atoms with Gasteiger partial charge in [0.05, 0.1) is 12.2 Å². The van der Waals surface area contributed by atoms with Gasteiger partial charge in [0.25, 0.3) is 11.8 Å². The van der Waals surface area contributed by atoms with E-state index in [2.05, 4.69) is 21.2 Å². The number of aryl methyl sites for hydroxylation is 1. The third kappa shape index (κ3) is 5.06. The molecule has 7 heteroatoms. The smallest absolute Gasteiger partial charge is 0.265 e. The van der Waals surface area contributed by atoms with Crippen LogP contribution >= 0.6 is 15.9 Å². The maximum Gasteiger partial charge on any atom is 0.265 e. The van der Waals surface area contributed by atoms with Crippen molar-refractivity contribution in [1.82, 2.24) is 0 Å². The van der Waals surface area contributed by atoms with E-state index < -0.39 is 0 Å². The molecule has 1 heterocycles. The molecule has 1 aliphatic heterocycles. The fourth-order valence-electron chi connectivity index (χ4n) is 3.29. The lowest BCUT2D eigenvalue weighted by Gasteiger charge is -2.29. The highest BCUT2D eigenvalue weighted by molar-refractivity contribution is 9.10. The van der Waals surface area contributed by atoms with Crippen molar-refractivity contribution in [3.63, 3.8) is 0 Å². The maximum absolute atomic E-state index is 12.5. The van der Waals surface area contributed by atoms with Crippen LogP contribution in [0, 0.1) is 6.92 Å². The van der Waals surface area contributed by atoms with E-state index in [1.165, 1.54) is 0 Å². The molecular weight excluding hydrogens is 460 g/mol. The topological polar surface area (TPSA) is 67.9 Å². The van der Waals surface area contributed by atoms with E-state index >= 15 is 0 Å². The standard InChI is InChI=1S/C24H21BrN2O4/c1-16-3-2-4-20(13-16)30-12-11-27-21-10-9-19(14-22(21)31-15-23(27)28)26-24(29)17-5-7-18(25)8-6-17/h2-10,13-14H,11-12,15H2,1H3,(H,26,29). The second-order valence-corrected chi connectivity index (χ2v) is 8.06. The van der Waals surface area contributed by atoms with E-state index in [-0.39, 0.29) is 18.4 Å². The van der Waals surface area contributed by atoms with Crippen molar-refractivity contribution in [2.24, 2.45) is 0 Å². The minimum atomic E-state index is -0.220. The van der Waals surface area contributed by atoms with E-state index in [4.69, 9.17) is 9.47 Å². The number of fused-ring (bicyclic) bond motifs is 1. The molecule has 3 aromatic rings. The SMILES string of the molecule is Cc1cccc(OCCN2C(=O)COc3cc(NC(=O)c4ccc(Br)cc4)ccc32)c1. The molecule has 1 aliphatic rings. The van der Waals surface area contributed by atoms with Gasteiger partial charge in [-0.2, -0.15) is 0 Å². The van der Waals surface area contributed by atoms with Gasteiger partial charge in [0.1, 0.15) is 18.1 Å². The summed E-state index contributed by atoms with van der Waals surface area (Å²) in [5, 5.41) is 2.86. The molecule has 0 radical (unpaired) electrons. The van der Waals surface area contributed by atoms with Crippen LogP contribution in [0.3, 0.4) is 0 Å². The summed E-state index contributed by atoms with van der Waals surface area (Å²) in [7, 11) is 0. The molecule has 31 heavy (non-hydrogen) atoms. The second kappa shape index (κ2) is 9.22. The highest BCUT2D eigenvalue weighted by atomic mass is 79.9. The Labute approximate surface area is 188 Å². The Morgan fingerprint density at radius 3 is 2.71 bits per heavy atom. The molecule has 1 N–H and O–H groups in total. The monoisotopic (exact) mass is 480 g/mol. The van der Waals surface area contributed by atoms with E-state index in [9.17, 15) is 9.59 Å². The molecule has 0 unspecified atom stereocenters. The molecule has 3 aromatic carbocycles. The molecule has 0 aromatic heterocycles. The minimum absolute atomic E-state index is 0.0540. The lowest BCUT2D eigenvalue weighted by atomic mass is 10.2. The Hall–Kier alpha value is -3.32. The van der Waals surface area contributed by atoms with Crippen molar-refractivity contribution in [2.75, 3.05) is 30.0 Å². The first-order valence-electron chi connectivity index (χ1n) is 9.83. The van der Waals surface area contributed by atoms with Gasteiger partial charge < -0.3 is 19.7 Å². The number of hydrogen-bond acceptors (Lipinski definition) is 4. The van der Waals surface area contributed by atoms with Crippen LogP contribution in [0.5, 0.6) is 11.5 Å². The van der Waals surface area contributed by atoms with E-state index in [0.717, 1.165) is 15.8 Å². The Kier molecular flexibility index (Phi) is 6.23. The molecule has 0 saturated carbocycles. The van der Waals surface area contributed by atoms with E-state index in [0.29, 0.717) is 35.8 Å². The summed E-state index contributed by atoms with van der Waals surface area (Å²) in [6.45, 7) is 2.70. The zero-order valence-electron chi connectivity index (χ0n) is 16.9. The number of ether oxygens (including phenoxy) is 2. The van der Waals surface area contributed by atoms with Crippen molar-refractivity contribution in [2.45, 2.75) is 6.92 Å². The van der Waals surface area contributed by atoms with Crippen LogP contribution < -0.4 is 19.7 Å². The Morgan fingerprint density at radius 1 is 1.13 bits per heavy atom. The highest BCUT2D eigenvalue weighted by Crippen LogP contribution is 2.34. The zero-order valence-corrected chi connectivity index (χ0v) is 18.5. The fraction of sp³-hybridized carbons (Fsp3) is 0.167. The third-order valence-corrected chi connectivity index (χ3v) is 5.37. The zero-order chi connectivity index (χ0) is 21.8. The van der Waals surface area contributed by atoms with Gasteiger partial charge in [-0.1, -0.05) is 28.1 Å². The van der Waals surface area contributed by atoms with Gasteiger partial charge in [-0.25, -0.2) is 0 Å². The van der Waals surface area contributed by atoms with Crippen LogP contribution in [-0.2, 0) is 4.79 Å². The lowest BCUT2D eigenvalue weighted by Crippen LogP contribution is -2.41. The summed E-state index contributed by atoms with van der Waals surface area (Å²) >= 11 is 3.36. The summed E-state index contributed by atoms with van der Waals surface area (Å²) in [5.41, 5.74) is 2.91. The van der Waals surface area contributed by atoms with E-state index in [1.807, 2.05) is 43.3 Å². The number of hydrogen-bond donors (Lipinski definition) is 1. The second-order valence-electron chi connectivity index (χ2n) is 7.14. The number of rotatable bonds is 6. The molecule has 0 fully saturated rings. The molecule has 158 valence electrons. The lowest BCUT2D eigenvalue weighted by molar-refractivity contribution is -0.121. The number of amides is 2.